The molecule has 0 bridgehead atoms. The lowest BCUT2D eigenvalue weighted by atomic mass is 9.89. The third-order valence-corrected chi connectivity index (χ3v) is 8.08. The molecule has 4 rings (SSSR count). The second kappa shape index (κ2) is 12.2. The minimum Gasteiger partial charge on any atom is -0.480 e. The van der Waals surface area contributed by atoms with Crippen LogP contribution in [0.2, 0.25) is 0 Å². The number of aliphatic imine (C=N–C) groups is 2. The number of aromatic nitrogens is 1. The minimum absolute atomic E-state index is 0.241. The summed E-state index contributed by atoms with van der Waals surface area (Å²) in [6, 6.07) is 9.16. The summed E-state index contributed by atoms with van der Waals surface area (Å²) in [4.78, 5) is 9.26. The number of benzene rings is 1. The molecule has 2 aromatic rings. The minimum atomic E-state index is -0.671. The fraction of sp³-hybridized carbons (Fsp3) is 0.435. The number of nitrogens with one attached hydrogen (secondary N) is 2. The molecular formula is C23H28FI2N5O2. The highest BCUT2D eigenvalue weighted by Gasteiger charge is 2.17. The largest absolute Gasteiger partial charge is 0.480 e. The van der Waals surface area contributed by atoms with Crippen molar-refractivity contribution in [3.63, 3.8) is 0 Å². The maximum Gasteiger partial charge on any atom is 0.321 e. The van der Waals surface area contributed by atoms with Crippen LogP contribution in [0.5, 0.6) is 5.75 Å². The lowest BCUT2D eigenvalue weighted by Crippen LogP contribution is -2.31. The molecule has 2 N–H and O–H groups in total. The zero-order valence-corrected chi connectivity index (χ0v) is 22.8. The molecule has 1 aliphatic carbocycles. The van der Waals surface area contributed by atoms with Crippen LogP contribution >= 0.6 is 43.3 Å². The van der Waals surface area contributed by atoms with E-state index in [4.69, 9.17) is 9.47 Å². The molecule has 1 aromatic heterocycles. The average molecular weight is 679 g/mol. The number of hydrogen-bond acceptors (Lipinski definition) is 6. The highest BCUT2D eigenvalue weighted by atomic mass is 127. The van der Waals surface area contributed by atoms with E-state index in [1.165, 1.54) is 38.2 Å². The van der Waals surface area contributed by atoms with E-state index in [2.05, 4.69) is 20.6 Å². The van der Waals surface area contributed by atoms with E-state index in [1.807, 2.05) is 52.5 Å². The number of nitrogens with zero attached hydrogens (tertiary/aromatic N) is 3. The number of alkyl halides is 1. The van der Waals surface area contributed by atoms with Gasteiger partial charge in [-0.05, 0) is 86.3 Å². The van der Waals surface area contributed by atoms with Gasteiger partial charge in [0.25, 0.3) is 0 Å². The fourth-order valence-electron chi connectivity index (χ4n) is 3.79. The molecule has 33 heavy (non-hydrogen) atoms. The van der Waals surface area contributed by atoms with Gasteiger partial charge in [0.15, 0.2) is 15.4 Å². The highest BCUT2D eigenvalue weighted by Crippen LogP contribution is 2.25. The molecule has 0 unspecified atom stereocenters. The molecule has 0 saturated heterocycles. The Hall–Kier alpha value is -1.54. The molecule has 1 aromatic carbocycles. The van der Waals surface area contributed by atoms with Crippen LogP contribution in [-0.2, 0) is 18.4 Å². The van der Waals surface area contributed by atoms with Crippen molar-refractivity contribution < 1.29 is 13.9 Å². The zero-order valence-electron chi connectivity index (χ0n) is 18.5. The van der Waals surface area contributed by atoms with Crippen molar-refractivity contribution in [1.82, 2.24) is 9.88 Å². The number of amidine groups is 2. The predicted octanol–water partition coefficient (Wildman–Crippen LogP) is 5.52. The van der Waals surface area contributed by atoms with Gasteiger partial charge in [-0.15, -0.1) is 0 Å². The van der Waals surface area contributed by atoms with E-state index in [-0.39, 0.29) is 5.75 Å². The Bertz CT molecular complexity index is 1050. The first-order chi connectivity index (χ1) is 16.1. The highest BCUT2D eigenvalue weighted by molar-refractivity contribution is 14.2. The third-order valence-electron chi connectivity index (χ3n) is 5.62. The number of ether oxygens (including phenoxy) is 2. The first kappa shape index (κ1) is 24.6. The van der Waals surface area contributed by atoms with Gasteiger partial charge in [0.2, 0.25) is 0 Å². The van der Waals surface area contributed by atoms with Crippen molar-refractivity contribution in [3.05, 3.63) is 48.0 Å². The average Bonchev–Trinajstić information content (AvgIpc) is 3.23. The van der Waals surface area contributed by atoms with Gasteiger partial charge in [0, 0.05) is 31.5 Å². The van der Waals surface area contributed by atoms with Gasteiger partial charge in [-0.2, -0.15) is 9.98 Å². The fourth-order valence-corrected chi connectivity index (χ4v) is 6.12. The Morgan fingerprint density at radius 3 is 2.76 bits per heavy atom. The van der Waals surface area contributed by atoms with Gasteiger partial charge in [-0.3, -0.25) is 5.32 Å². The lowest BCUT2D eigenvalue weighted by molar-refractivity contribution is 0.280. The van der Waals surface area contributed by atoms with Crippen molar-refractivity contribution in [1.29, 1.82) is 0 Å². The van der Waals surface area contributed by atoms with Crippen LogP contribution in [-0.4, -0.2) is 29.3 Å². The normalized spacial score (nSPS) is 16.9. The predicted molar refractivity (Wildman–Crippen MR) is 148 cm³/mol. The van der Waals surface area contributed by atoms with Crippen LogP contribution in [0.15, 0.2) is 46.5 Å². The molecule has 1 saturated carbocycles. The van der Waals surface area contributed by atoms with Gasteiger partial charge in [-0.25, -0.2) is 4.39 Å². The number of rotatable bonds is 8. The first-order valence-electron chi connectivity index (χ1n) is 11.0. The van der Waals surface area contributed by atoms with Crippen LogP contribution < -0.4 is 15.4 Å². The Morgan fingerprint density at radius 2 is 2.03 bits per heavy atom. The maximum absolute atomic E-state index is 14.3. The topological polar surface area (TPSA) is 72.2 Å². The van der Waals surface area contributed by atoms with Crippen LogP contribution in [0.25, 0.3) is 0 Å². The molecule has 1 aliphatic heterocycles. The second-order valence-corrected chi connectivity index (χ2v) is 11.2. The van der Waals surface area contributed by atoms with Crippen molar-refractivity contribution in [3.8, 4) is 5.75 Å². The molecule has 0 spiro atoms. The summed E-state index contributed by atoms with van der Waals surface area (Å²) in [5, 5.41) is 6.82. The number of anilines is 1. The van der Waals surface area contributed by atoms with Crippen LogP contribution in [0.3, 0.4) is 0 Å². The number of halogens is 3. The molecule has 2 aliphatic rings. The third kappa shape index (κ3) is 7.22. The molecule has 0 radical (unpaired) electrons. The van der Waals surface area contributed by atoms with Crippen LogP contribution in [0, 0.1) is 11.7 Å². The van der Waals surface area contributed by atoms with E-state index < -0.39 is 26.5 Å². The van der Waals surface area contributed by atoms with Crippen LogP contribution in [0.4, 0.5) is 10.1 Å². The van der Waals surface area contributed by atoms with Crippen LogP contribution in [0.1, 0.15) is 37.8 Å². The summed E-state index contributed by atoms with van der Waals surface area (Å²) in [5.41, 5.74) is 1.66. The quantitative estimate of drug-likeness (QED) is 0.219. The van der Waals surface area contributed by atoms with Gasteiger partial charge in [0.05, 0.1) is 5.69 Å². The molecular weight excluding hydrogens is 651 g/mol. The Balaban J connectivity index is 1.47. The van der Waals surface area contributed by atoms with E-state index in [1.54, 1.807) is 12.1 Å². The monoisotopic (exact) mass is 679 g/mol. The van der Waals surface area contributed by atoms with E-state index in [0.29, 0.717) is 28.8 Å². The molecule has 1 fully saturated rings. The van der Waals surface area contributed by atoms with Gasteiger partial charge in [-0.1, -0.05) is 19.3 Å². The standard InChI is InChI=1S/C23H28FI2N5O2/c1-31-11-5-8-18(31)14-32-23-29-21(27-13-16-6-3-2-4-7-16)26-22(30-23)28-17-9-10-20(33-15-25)19(24)12-17/h5,8-12,16H,2-4,6-7,13-15H2,1H3,(H2,27,28,29,30). The summed E-state index contributed by atoms with van der Waals surface area (Å²) in [6.45, 7) is 1.30. The molecule has 0 atom stereocenters. The first-order valence-corrected chi connectivity index (χ1v) is 14.7. The Labute approximate surface area is 217 Å². The second-order valence-electron chi connectivity index (χ2n) is 7.99. The maximum atomic E-state index is 14.3. The van der Waals surface area contributed by atoms with Crippen molar-refractivity contribution in [2.45, 2.75) is 38.7 Å². The summed E-state index contributed by atoms with van der Waals surface area (Å²) in [5.74, 6) is 0.526. The van der Waals surface area contributed by atoms with Crippen molar-refractivity contribution >= 4 is 62.6 Å². The van der Waals surface area contributed by atoms with E-state index in [9.17, 15) is 4.39 Å². The van der Waals surface area contributed by atoms with Crippen molar-refractivity contribution in [2.75, 3.05) is 16.5 Å². The summed E-state index contributed by atoms with van der Waals surface area (Å²) in [6.07, 6.45) is 8.47. The van der Waals surface area contributed by atoms with E-state index in [0.717, 1.165) is 19.8 Å². The number of aryl methyl sites for hydroxylation is 1. The smallest absolute Gasteiger partial charge is 0.321 e. The molecule has 2 heterocycles. The molecule has 10 heteroatoms. The van der Waals surface area contributed by atoms with Gasteiger partial charge < -0.3 is 19.4 Å². The Morgan fingerprint density at radius 1 is 1.18 bits per heavy atom. The van der Waals surface area contributed by atoms with Gasteiger partial charge >= 0.3 is 6.02 Å². The molecule has 7 nitrogen and oxygen atoms in total. The summed E-state index contributed by atoms with van der Waals surface area (Å²) < 4.78 is 29.6. The molecule has 178 valence electrons. The summed E-state index contributed by atoms with van der Waals surface area (Å²) in [7, 11) is 1.98. The zero-order chi connectivity index (χ0) is 23.0. The summed E-state index contributed by atoms with van der Waals surface area (Å²) >= 11 is 1.37. The van der Waals surface area contributed by atoms with Crippen molar-refractivity contribution in [2.24, 2.45) is 23.0 Å². The molecule has 0 amide bonds. The Kier molecular flexibility index (Phi) is 9.12. The van der Waals surface area contributed by atoms with Gasteiger partial charge in [0.1, 0.15) is 15.0 Å². The lowest BCUT2D eigenvalue weighted by Gasteiger charge is -2.22. The number of hydrogen-bond donors (Lipinski definition) is 2. The SMILES string of the molecule is Cn1cccc1COC1=NC(NCC2CCCCC2)=IC(Nc2ccc(OCI)c(F)c2)=N1. The van der Waals surface area contributed by atoms with E-state index >= 15 is 0 Å².